The standard InChI is InChI=1S/C11H23NO2/c1-5-14-10(13)7-6-8-12-9-11(2,3)4/h12H,5-9H2,1-4H3. The molecular formula is C11H23NO2. The van der Waals surface area contributed by atoms with E-state index in [9.17, 15) is 4.79 Å². The lowest BCUT2D eigenvalue weighted by Gasteiger charge is -2.18. The van der Waals surface area contributed by atoms with Crippen LogP contribution in [-0.2, 0) is 9.53 Å². The monoisotopic (exact) mass is 201 g/mol. The van der Waals surface area contributed by atoms with Gasteiger partial charge < -0.3 is 10.1 Å². The van der Waals surface area contributed by atoms with Gasteiger partial charge in [0.25, 0.3) is 0 Å². The highest BCUT2D eigenvalue weighted by molar-refractivity contribution is 5.69. The van der Waals surface area contributed by atoms with Crippen LogP contribution in [0.3, 0.4) is 0 Å². The van der Waals surface area contributed by atoms with Crippen LogP contribution in [0.4, 0.5) is 0 Å². The summed E-state index contributed by atoms with van der Waals surface area (Å²) in [7, 11) is 0. The maximum absolute atomic E-state index is 11.0. The molecule has 0 radical (unpaired) electrons. The average molecular weight is 201 g/mol. The van der Waals surface area contributed by atoms with Crippen molar-refractivity contribution in [2.75, 3.05) is 19.7 Å². The Bertz CT molecular complexity index is 161. The van der Waals surface area contributed by atoms with E-state index in [1.54, 1.807) is 0 Å². The Morgan fingerprint density at radius 1 is 1.36 bits per heavy atom. The predicted molar refractivity (Wildman–Crippen MR) is 58.2 cm³/mol. The zero-order valence-electron chi connectivity index (χ0n) is 9.85. The van der Waals surface area contributed by atoms with Crippen molar-refractivity contribution in [3.05, 3.63) is 0 Å². The van der Waals surface area contributed by atoms with Crippen LogP contribution in [-0.4, -0.2) is 25.7 Å². The lowest BCUT2D eigenvalue weighted by atomic mass is 9.97. The molecule has 0 saturated carbocycles. The molecule has 0 aromatic carbocycles. The third-order valence-electron chi connectivity index (χ3n) is 1.70. The molecule has 0 unspecified atom stereocenters. The topological polar surface area (TPSA) is 38.3 Å². The molecule has 0 atom stereocenters. The molecule has 0 saturated heterocycles. The molecule has 0 amide bonds. The molecule has 0 aliphatic carbocycles. The van der Waals surface area contributed by atoms with Crippen LogP contribution < -0.4 is 5.32 Å². The highest BCUT2D eigenvalue weighted by atomic mass is 16.5. The zero-order valence-corrected chi connectivity index (χ0v) is 9.85. The SMILES string of the molecule is CCOC(=O)CCCNCC(C)(C)C. The molecule has 84 valence electrons. The fourth-order valence-corrected chi connectivity index (χ4v) is 1.05. The summed E-state index contributed by atoms with van der Waals surface area (Å²) in [4.78, 5) is 11.0. The third-order valence-corrected chi connectivity index (χ3v) is 1.70. The van der Waals surface area contributed by atoms with Gasteiger partial charge in [-0.1, -0.05) is 20.8 Å². The number of ether oxygens (including phenoxy) is 1. The molecule has 0 aromatic rings. The first kappa shape index (κ1) is 13.4. The Morgan fingerprint density at radius 2 is 2.00 bits per heavy atom. The van der Waals surface area contributed by atoms with Crippen LogP contribution in [0.1, 0.15) is 40.5 Å². The normalized spacial score (nSPS) is 11.4. The second kappa shape index (κ2) is 6.82. The Balaban J connectivity index is 3.26. The quantitative estimate of drug-likeness (QED) is 0.527. The number of rotatable bonds is 6. The van der Waals surface area contributed by atoms with Gasteiger partial charge in [-0.2, -0.15) is 0 Å². The Morgan fingerprint density at radius 3 is 2.50 bits per heavy atom. The molecule has 1 N–H and O–H groups in total. The minimum Gasteiger partial charge on any atom is -0.466 e. The van der Waals surface area contributed by atoms with E-state index in [1.807, 2.05) is 6.92 Å². The van der Waals surface area contributed by atoms with Gasteiger partial charge in [0.15, 0.2) is 0 Å². The minimum atomic E-state index is -0.0925. The van der Waals surface area contributed by atoms with Crippen LogP contribution in [0.2, 0.25) is 0 Å². The summed E-state index contributed by atoms with van der Waals surface area (Å²) >= 11 is 0. The maximum atomic E-state index is 11.0. The van der Waals surface area contributed by atoms with E-state index in [2.05, 4.69) is 26.1 Å². The van der Waals surface area contributed by atoms with E-state index >= 15 is 0 Å². The number of hydrogen-bond acceptors (Lipinski definition) is 3. The average Bonchev–Trinajstić information content (AvgIpc) is 2.02. The van der Waals surface area contributed by atoms with Crippen molar-refractivity contribution in [1.82, 2.24) is 5.32 Å². The second-order valence-corrected chi connectivity index (χ2v) is 4.65. The molecule has 0 aliphatic rings. The molecule has 0 bridgehead atoms. The first-order valence-corrected chi connectivity index (χ1v) is 5.32. The summed E-state index contributed by atoms with van der Waals surface area (Å²) < 4.78 is 4.82. The molecule has 0 aromatic heterocycles. The molecule has 0 rings (SSSR count). The molecule has 14 heavy (non-hydrogen) atoms. The molecular weight excluding hydrogens is 178 g/mol. The van der Waals surface area contributed by atoms with E-state index in [1.165, 1.54) is 0 Å². The highest BCUT2D eigenvalue weighted by Crippen LogP contribution is 2.09. The maximum Gasteiger partial charge on any atom is 0.305 e. The largest absolute Gasteiger partial charge is 0.466 e. The summed E-state index contributed by atoms with van der Waals surface area (Å²) in [6, 6.07) is 0. The van der Waals surface area contributed by atoms with Crippen molar-refractivity contribution in [1.29, 1.82) is 0 Å². The summed E-state index contributed by atoms with van der Waals surface area (Å²) in [6.45, 7) is 10.7. The van der Waals surface area contributed by atoms with E-state index in [4.69, 9.17) is 4.74 Å². The predicted octanol–water partition coefficient (Wildman–Crippen LogP) is 1.97. The fraction of sp³-hybridized carbons (Fsp3) is 0.909. The van der Waals surface area contributed by atoms with E-state index < -0.39 is 0 Å². The first-order chi connectivity index (χ1) is 6.45. The van der Waals surface area contributed by atoms with Crippen molar-refractivity contribution in [3.8, 4) is 0 Å². The van der Waals surface area contributed by atoms with Gasteiger partial charge in [0.1, 0.15) is 0 Å². The van der Waals surface area contributed by atoms with Gasteiger partial charge in [-0.3, -0.25) is 4.79 Å². The van der Waals surface area contributed by atoms with Gasteiger partial charge in [-0.15, -0.1) is 0 Å². The number of esters is 1. The van der Waals surface area contributed by atoms with Gasteiger partial charge in [-0.25, -0.2) is 0 Å². The molecule has 3 heteroatoms. The van der Waals surface area contributed by atoms with Crippen molar-refractivity contribution >= 4 is 5.97 Å². The summed E-state index contributed by atoms with van der Waals surface area (Å²) in [5.41, 5.74) is 0.309. The minimum absolute atomic E-state index is 0.0925. The van der Waals surface area contributed by atoms with Gasteiger partial charge in [0.05, 0.1) is 6.61 Å². The smallest absolute Gasteiger partial charge is 0.305 e. The molecule has 0 fully saturated rings. The number of nitrogens with one attached hydrogen (secondary N) is 1. The van der Waals surface area contributed by atoms with Crippen LogP contribution >= 0.6 is 0 Å². The first-order valence-electron chi connectivity index (χ1n) is 5.32. The van der Waals surface area contributed by atoms with Crippen molar-refractivity contribution < 1.29 is 9.53 Å². The Kier molecular flexibility index (Phi) is 6.54. The van der Waals surface area contributed by atoms with Crippen LogP contribution in [0.25, 0.3) is 0 Å². The Hall–Kier alpha value is -0.570. The summed E-state index contributed by atoms with van der Waals surface area (Å²) in [6.07, 6.45) is 1.37. The van der Waals surface area contributed by atoms with Gasteiger partial charge in [-0.05, 0) is 31.8 Å². The molecule has 0 aliphatic heterocycles. The number of carbonyl (C=O) groups is 1. The zero-order chi connectivity index (χ0) is 11.0. The van der Waals surface area contributed by atoms with Gasteiger partial charge in [0, 0.05) is 6.42 Å². The molecule has 0 spiro atoms. The van der Waals surface area contributed by atoms with Crippen molar-refractivity contribution in [2.45, 2.75) is 40.5 Å². The van der Waals surface area contributed by atoms with Crippen molar-refractivity contribution in [2.24, 2.45) is 5.41 Å². The molecule has 0 heterocycles. The third kappa shape index (κ3) is 9.52. The Labute approximate surface area is 87.2 Å². The van der Waals surface area contributed by atoms with Crippen LogP contribution in [0.5, 0.6) is 0 Å². The summed E-state index contributed by atoms with van der Waals surface area (Å²) in [5, 5.41) is 3.32. The number of carbonyl (C=O) groups excluding carboxylic acids is 1. The van der Waals surface area contributed by atoms with E-state index in [0.717, 1.165) is 19.5 Å². The summed E-state index contributed by atoms with van der Waals surface area (Å²) in [5.74, 6) is -0.0925. The highest BCUT2D eigenvalue weighted by Gasteiger charge is 2.08. The van der Waals surface area contributed by atoms with Crippen molar-refractivity contribution in [3.63, 3.8) is 0 Å². The fourth-order valence-electron chi connectivity index (χ4n) is 1.05. The molecule has 3 nitrogen and oxygen atoms in total. The van der Waals surface area contributed by atoms with Crippen LogP contribution in [0, 0.1) is 5.41 Å². The number of hydrogen-bond donors (Lipinski definition) is 1. The van der Waals surface area contributed by atoms with Crippen LogP contribution in [0.15, 0.2) is 0 Å². The van der Waals surface area contributed by atoms with Gasteiger partial charge >= 0.3 is 5.97 Å². The van der Waals surface area contributed by atoms with Gasteiger partial charge in [0.2, 0.25) is 0 Å². The van der Waals surface area contributed by atoms with E-state index in [0.29, 0.717) is 18.4 Å². The lowest BCUT2D eigenvalue weighted by Crippen LogP contribution is -2.27. The second-order valence-electron chi connectivity index (χ2n) is 4.65. The van der Waals surface area contributed by atoms with E-state index in [-0.39, 0.29) is 5.97 Å². The lowest BCUT2D eigenvalue weighted by molar-refractivity contribution is -0.143.